The zero-order chi connectivity index (χ0) is 7.40. The Hall–Kier alpha value is -0.770. The van der Waals surface area contributed by atoms with Crippen LogP contribution in [-0.2, 0) is 4.74 Å². The number of ether oxygens (including phenoxy) is 1. The maximum absolute atomic E-state index is 8.84. The van der Waals surface area contributed by atoms with E-state index < -0.39 is 6.29 Å². The molecule has 1 saturated heterocycles. The Bertz CT molecular complexity index is 147. The van der Waals surface area contributed by atoms with Gasteiger partial charge in [-0.3, -0.25) is 0 Å². The van der Waals surface area contributed by atoms with Gasteiger partial charge < -0.3 is 9.84 Å². The van der Waals surface area contributed by atoms with Gasteiger partial charge in [0, 0.05) is 4.91 Å². The summed E-state index contributed by atoms with van der Waals surface area (Å²) in [6.07, 6.45) is 0.611. The molecule has 1 heterocycles. The van der Waals surface area contributed by atoms with Gasteiger partial charge in [-0.2, -0.15) is 0 Å². The van der Waals surface area contributed by atoms with Crippen molar-refractivity contribution in [1.29, 1.82) is 0 Å². The summed E-state index contributed by atoms with van der Waals surface area (Å²) in [5, 5.41) is 12.3. The Balaban J connectivity index is 2.32. The van der Waals surface area contributed by atoms with Crippen LogP contribution in [0, 0.1) is 0 Å². The van der Waals surface area contributed by atoms with E-state index in [2.05, 4.69) is 10.0 Å². The van der Waals surface area contributed by atoms with E-state index in [-0.39, 0.29) is 6.04 Å². The second-order valence-corrected chi connectivity index (χ2v) is 2.22. The standard InChI is InChI=1S/C5H9N3O2/c6-8-7-4-1-2-5(9)10-3-4/h4-5,9H,1-3H2. The molecule has 1 aliphatic rings. The van der Waals surface area contributed by atoms with Gasteiger partial charge in [-0.25, -0.2) is 0 Å². The predicted molar refractivity (Wildman–Crippen MR) is 34.1 cm³/mol. The van der Waals surface area contributed by atoms with Gasteiger partial charge in [0.25, 0.3) is 0 Å². The zero-order valence-electron chi connectivity index (χ0n) is 5.47. The summed E-state index contributed by atoms with van der Waals surface area (Å²) in [6.45, 7) is 0.339. The highest BCUT2D eigenvalue weighted by molar-refractivity contribution is 4.70. The fourth-order valence-electron chi connectivity index (χ4n) is 0.888. The van der Waals surface area contributed by atoms with Gasteiger partial charge in [0.15, 0.2) is 6.29 Å². The van der Waals surface area contributed by atoms with Crippen LogP contribution in [0.4, 0.5) is 0 Å². The van der Waals surface area contributed by atoms with Crippen LogP contribution in [0.3, 0.4) is 0 Å². The molecule has 0 amide bonds. The summed E-state index contributed by atoms with van der Waals surface area (Å²) >= 11 is 0. The fourth-order valence-corrected chi connectivity index (χ4v) is 0.888. The Morgan fingerprint density at radius 3 is 2.90 bits per heavy atom. The molecule has 0 aromatic rings. The molecule has 5 heteroatoms. The number of nitrogens with zero attached hydrogens (tertiary/aromatic N) is 3. The van der Waals surface area contributed by atoms with Crippen molar-refractivity contribution < 1.29 is 9.84 Å². The van der Waals surface area contributed by atoms with Crippen LogP contribution in [-0.4, -0.2) is 24.0 Å². The molecule has 0 aromatic heterocycles. The van der Waals surface area contributed by atoms with Gasteiger partial charge in [-0.05, 0) is 18.4 Å². The number of hydrogen-bond donors (Lipinski definition) is 1. The third-order valence-corrected chi connectivity index (χ3v) is 1.44. The smallest absolute Gasteiger partial charge is 0.154 e. The van der Waals surface area contributed by atoms with E-state index in [0.717, 1.165) is 0 Å². The first-order valence-corrected chi connectivity index (χ1v) is 3.17. The summed E-state index contributed by atoms with van der Waals surface area (Å²) < 4.78 is 4.83. The van der Waals surface area contributed by atoms with Crippen molar-refractivity contribution >= 4 is 0 Å². The van der Waals surface area contributed by atoms with E-state index in [1.807, 2.05) is 0 Å². The Kier molecular flexibility index (Phi) is 2.50. The van der Waals surface area contributed by atoms with E-state index in [9.17, 15) is 0 Å². The molecule has 0 saturated carbocycles. The molecule has 0 spiro atoms. The van der Waals surface area contributed by atoms with E-state index in [1.165, 1.54) is 0 Å². The van der Waals surface area contributed by atoms with Crippen LogP contribution >= 0.6 is 0 Å². The number of rotatable bonds is 1. The Morgan fingerprint density at radius 2 is 2.40 bits per heavy atom. The van der Waals surface area contributed by atoms with Crippen LogP contribution in [0.15, 0.2) is 5.11 Å². The van der Waals surface area contributed by atoms with Gasteiger partial charge >= 0.3 is 0 Å². The van der Waals surface area contributed by atoms with Crippen LogP contribution in [0.1, 0.15) is 12.8 Å². The molecule has 5 nitrogen and oxygen atoms in total. The zero-order valence-corrected chi connectivity index (χ0v) is 5.47. The highest BCUT2D eigenvalue weighted by Crippen LogP contribution is 2.13. The first kappa shape index (κ1) is 7.34. The predicted octanol–water partition coefficient (Wildman–Crippen LogP) is 0.794. The maximum atomic E-state index is 8.84. The second-order valence-electron chi connectivity index (χ2n) is 2.22. The van der Waals surface area contributed by atoms with Gasteiger partial charge in [-0.1, -0.05) is 5.11 Å². The SMILES string of the molecule is [N-]=[N+]=NC1CCC(O)OC1. The summed E-state index contributed by atoms with van der Waals surface area (Å²) in [7, 11) is 0. The summed E-state index contributed by atoms with van der Waals surface area (Å²) in [6, 6.07) is -0.0894. The van der Waals surface area contributed by atoms with Crippen LogP contribution < -0.4 is 0 Å². The summed E-state index contributed by atoms with van der Waals surface area (Å²) in [5.41, 5.74) is 8.02. The molecule has 2 atom stereocenters. The monoisotopic (exact) mass is 143 g/mol. The molecule has 10 heavy (non-hydrogen) atoms. The van der Waals surface area contributed by atoms with E-state index in [1.54, 1.807) is 0 Å². The van der Waals surface area contributed by atoms with Crippen molar-refractivity contribution in [3.05, 3.63) is 10.4 Å². The van der Waals surface area contributed by atoms with Crippen molar-refractivity contribution in [3.63, 3.8) is 0 Å². The summed E-state index contributed by atoms with van der Waals surface area (Å²) in [5.74, 6) is 0. The minimum atomic E-state index is -0.662. The first-order chi connectivity index (χ1) is 4.83. The number of azide groups is 1. The summed E-state index contributed by atoms with van der Waals surface area (Å²) in [4.78, 5) is 2.65. The van der Waals surface area contributed by atoms with Gasteiger partial charge in [0.05, 0.1) is 12.6 Å². The van der Waals surface area contributed by atoms with E-state index in [4.69, 9.17) is 15.4 Å². The molecular formula is C5H9N3O2. The average molecular weight is 143 g/mol. The largest absolute Gasteiger partial charge is 0.368 e. The van der Waals surface area contributed by atoms with Crippen LogP contribution in [0.25, 0.3) is 10.4 Å². The second kappa shape index (κ2) is 3.41. The fraction of sp³-hybridized carbons (Fsp3) is 1.00. The van der Waals surface area contributed by atoms with Crippen molar-refractivity contribution in [2.45, 2.75) is 25.2 Å². The third-order valence-electron chi connectivity index (χ3n) is 1.44. The third kappa shape index (κ3) is 1.88. The van der Waals surface area contributed by atoms with Crippen LogP contribution in [0.5, 0.6) is 0 Å². The molecule has 1 N–H and O–H groups in total. The van der Waals surface area contributed by atoms with Crippen molar-refractivity contribution in [1.82, 2.24) is 0 Å². The molecule has 0 radical (unpaired) electrons. The molecule has 1 aliphatic heterocycles. The minimum absolute atomic E-state index is 0.0894. The minimum Gasteiger partial charge on any atom is -0.368 e. The lowest BCUT2D eigenvalue weighted by molar-refractivity contribution is -0.128. The molecular weight excluding hydrogens is 134 g/mol. The van der Waals surface area contributed by atoms with Crippen molar-refractivity contribution in [2.75, 3.05) is 6.61 Å². The number of aliphatic hydroxyl groups is 1. The molecule has 0 aliphatic carbocycles. The highest BCUT2D eigenvalue weighted by Gasteiger charge is 2.17. The van der Waals surface area contributed by atoms with E-state index >= 15 is 0 Å². The number of aliphatic hydroxyl groups excluding tert-OH is 1. The molecule has 1 fully saturated rings. The molecule has 56 valence electrons. The van der Waals surface area contributed by atoms with Crippen molar-refractivity contribution in [3.8, 4) is 0 Å². The topological polar surface area (TPSA) is 78.2 Å². The van der Waals surface area contributed by atoms with Gasteiger partial charge in [-0.15, -0.1) is 0 Å². The molecule has 0 aromatic carbocycles. The lowest BCUT2D eigenvalue weighted by atomic mass is 10.1. The van der Waals surface area contributed by atoms with Gasteiger partial charge in [0.1, 0.15) is 0 Å². The molecule has 0 bridgehead atoms. The van der Waals surface area contributed by atoms with Crippen molar-refractivity contribution in [2.24, 2.45) is 5.11 Å². The lowest BCUT2D eigenvalue weighted by Crippen LogP contribution is -2.27. The lowest BCUT2D eigenvalue weighted by Gasteiger charge is -2.21. The maximum Gasteiger partial charge on any atom is 0.154 e. The molecule has 1 rings (SSSR count). The quantitative estimate of drug-likeness (QED) is 0.334. The number of hydrogen-bond acceptors (Lipinski definition) is 3. The Morgan fingerprint density at radius 1 is 1.60 bits per heavy atom. The average Bonchev–Trinajstić information content (AvgIpc) is 1.95. The first-order valence-electron chi connectivity index (χ1n) is 3.17. The normalized spacial score (nSPS) is 32.9. The molecule has 2 unspecified atom stereocenters. The highest BCUT2D eigenvalue weighted by atomic mass is 16.6. The van der Waals surface area contributed by atoms with E-state index in [0.29, 0.717) is 19.4 Å². The Labute approximate surface area is 58.2 Å². The van der Waals surface area contributed by atoms with Gasteiger partial charge in [0.2, 0.25) is 0 Å². The van der Waals surface area contributed by atoms with Crippen LogP contribution in [0.2, 0.25) is 0 Å².